The predicted octanol–water partition coefficient (Wildman–Crippen LogP) is 3.61. The third-order valence-electron chi connectivity index (χ3n) is 2.79. The summed E-state index contributed by atoms with van der Waals surface area (Å²) in [7, 11) is 1.50. The normalized spacial score (nSPS) is 10.7. The first-order chi connectivity index (χ1) is 11.0. The van der Waals surface area contributed by atoms with Crippen LogP contribution in [0.3, 0.4) is 0 Å². The molecule has 0 aliphatic rings. The van der Waals surface area contributed by atoms with Gasteiger partial charge in [0.1, 0.15) is 23.0 Å². The molecule has 0 aliphatic carbocycles. The fourth-order valence-corrected chi connectivity index (χ4v) is 1.93. The van der Waals surface area contributed by atoms with E-state index in [2.05, 4.69) is 0 Å². The van der Waals surface area contributed by atoms with Gasteiger partial charge in [0.05, 0.1) is 13.2 Å². The quantitative estimate of drug-likeness (QED) is 0.346. The van der Waals surface area contributed by atoms with E-state index in [0.717, 1.165) is 6.08 Å². The lowest BCUT2D eigenvalue weighted by atomic mass is 10.2. The van der Waals surface area contributed by atoms with E-state index in [4.69, 9.17) is 25.5 Å². The summed E-state index contributed by atoms with van der Waals surface area (Å²) < 4.78 is 15.1. The molecule has 2 aromatic rings. The van der Waals surface area contributed by atoms with Crippen molar-refractivity contribution in [1.82, 2.24) is 0 Å². The number of carbonyl (C=O) groups excluding carboxylic acids is 1. The number of methoxy groups -OCH3 is 1. The van der Waals surface area contributed by atoms with Crippen LogP contribution in [0.2, 0.25) is 5.02 Å². The van der Waals surface area contributed by atoms with Gasteiger partial charge in [-0.3, -0.25) is 10.1 Å². The molecule has 0 aliphatic heterocycles. The van der Waals surface area contributed by atoms with E-state index in [9.17, 15) is 14.9 Å². The van der Waals surface area contributed by atoms with Crippen LogP contribution in [-0.2, 0) is 16.1 Å². The van der Waals surface area contributed by atoms with E-state index >= 15 is 0 Å². The molecule has 0 amide bonds. The van der Waals surface area contributed by atoms with Crippen molar-refractivity contribution in [3.8, 4) is 5.75 Å². The first-order valence-electron chi connectivity index (χ1n) is 6.41. The largest absolute Gasteiger partial charge is 0.496 e. The second kappa shape index (κ2) is 7.46. The summed E-state index contributed by atoms with van der Waals surface area (Å²) >= 11 is 5.88. The maximum absolute atomic E-state index is 11.7. The minimum absolute atomic E-state index is 0.0226. The molecule has 0 fully saturated rings. The molecule has 0 bridgehead atoms. The average Bonchev–Trinajstić information content (AvgIpc) is 3.00. The van der Waals surface area contributed by atoms with Crippen LogP contribution in [0.1, 0.15) is 11.3 Å². The number of esters is 1. The third-order valence-corrected chi connectivity index (χ3v) is 3.02. The van der Waals surface area contributed by atoms with E-state index < -0.39 is 16.8 Å². The van der Waals surface area contributed by atoms with Gasteiger partial charge in [-0.05, 0) is 30.3 Å². The van der Waals surface area contributed by atoms with E-state index in [-0.39, 0.29) is 12.4 Å². The van der Waals surface area contributed by atoms with Gasteiger partial charge in [0, 0.05) is 16.7 Å². The average molecular weight is 338 g/mol. The summed E-state index contributed by atoms with van der Waals surface area (Å²) in [6, 6.07) is 7.54. The Labute approximate surface area is 136 Å². The van der Waals surface area contributed by atoms with Crippen molar-refractivity contribution in [3.05, 3.63) is 62.9 Å². The number of hydrogen-bond acceptors (Lipinski definition) is 6. The van der Waals surface area contributed by atoms with Crippen molar-refractivity contribution in [3.63, 3.8) is 0 Å². The lowest BCUT2D eigenvalue weighted by Crippen LogP contribution is -2.02. The van der Waals surface area contributed by atoms with Crippen molar-refractivity contribution in [2.75, 3.05) is 7.11 Å². The molecule has 0 radical (unpaired) electrons. The minimum Gasteiger partial charge on any atom is -0.496 e. The lowest BCUT2D eigenvalue weighted by Gasteiger charge is -2.08. The van der Waals surface area contributed by atoms with Crippen LogP contribution < -0.4 is 4.74 Å². The summed E-state index contributed by atoms with van der Waals surface area (Å²) in [5.41, 5.74) is 0.621. The molecule has 0 N–H and O–H groups in total. The Balaban J connectivity index is 1.95. The minimum atomic E-state index is -0.666. The van der Waals surface area contributed by atoms with Crippen LogP contribution in [0, 0.1) is 10.1 Å². The SMILES string of the molecule is COc1ccc(Cl)cc1COC(=O)/C=C/c1ccc([N+](=O)[O-])o1. The lowest BCUT2D eigenvalue weighted by molar-refractivity contribution is -0.402. The van der Waals surface area contributed by atoms with E-state index in [1.54, 1.807) is 18.2 Å². The highest BCUT2D eigenvalue weighted by molar-refractivity contribution is 6.30. The maximum Gasteiger partial charge on any atom is 0.433 e. The Morgan fingerprint density at radius 3 is 2.83 bits per heavy atom. The molecule has 8 heteroatoms. The van der Waals surface area contributed by atoms with Gasteiger partial charge in [-0.15, -0.1) is 0 Å². The molecule has 1 aromatic carbocycles. The summed E-state index contributed by atoms with van der Waals surface area (Å²) in [5.74, 6) is -0.311. The maximum atomic E-state index is 11.7. The first kappa shape index (κ1) is 16.6. The predicted molar refractivity (Wildman–Crippen MR) is 82.2 cm³/mol. The fourth-order valence-electron chi connectivity index (χ4n) is 1.74. The van der Waals surface area contributed by atoms with Gasteiger partial charge < -0.3 is 13.9 Å². The van der Waals surface area contributed by atoms with E-state index in [1.807, 2.05) is 0 Å². The Morgan fingerprint density at radius 1 is 1.39 bits per heavy atom. The van der Waals surface area contributed by atoms with Crippen LogP contribution in [0.4, 0.5) is 5.88 Å². The van der Waals surface area contributed by atoms with Crippen LogP contribution in [0.15, 0.2) is 40.8 Å². The molecule has 0 spiro atoms. The Morgan fingerprint density at radius 2 is 2.17 bits per heavy atom. The zero-order chi connectivity index (χ0) is 16.8. The Bertz CT molecular complexity index is 752. The van der Waals surface area contributed by atoms with Crippen LogP contribution >= 0.6 is 11.6 Å². The van der Waals surface area contributed by atoms with Crippen molar-refractivity contribution in [2.24, 2.45) is 0 Å². The second-order valence-electron chi connectivity index (χ2n) is 4.33. The first-order valence-corrected chi connectivity index (χ1v) is 6.79. The topological polar surface area (TPSA) is 91.8 Å². The molecule has 0 saturated heterocycles. The molecule has 1 aromatic heterocycles. The number of ether oxygens (including phenoxy) is 2. The molecule has 23 heavy (non-hydrogen) atoms. The second-order valence-corrected chi connectivity index (χ2v) is 4.77. The van der Waals surface area contributed by atoms with Crippen molar-refractivity contribution < 1.29 is 23.6 Å². The summed E-state index contributed by atoms with van der Waals surface area (Å²) in [5, 5.41) is 11.0. The molecule has 0 unspecified atom stereocenters. The molecule has 120 valence electrons. The van der Waals surface area contributed by atoms with Gasteiger partial charge in [-0.25, -0.2) is 4.79 Å². The van der Waals surface area contributed by atoms with Crippen LogP contribution in [0.5, 0.6) is 5.75 Å². The van der Waals surface area contributed by atoms with Crippen molar-refractivity contribution in [1.29, 1.82) is 0 Å². The zero-order valence-electron chi connectivity index (χ0n) is 12.0. The van der Waals surface area contributed by atoms with Crippen LogP contribution in [-0.4, -0.2) is 18.0 Å². The fraction of sp³-hybridized carbons (Fsp3) is 0.133. The van der Waals surface area contributed by atoms with E-state index in [1.165, 1.54) is 25.3 Å². The highest BCUT2D eigenvalue weighted by Crippen LogP contribution is 2.23. The number of benzene rings is 1. The smallest absolute Gasteiger partial charge is 0.433 e. The van der Waals surface area contributed by atoms with Gasteiger partial charge >= 0.3 is 11.9 Å². The standard InChI is InChI=1S/C15H12ClNO6/c1-21-13-5-2-11(16)8-10(13)9-22-15(18)7-4-12-3-6-14(23-12)17(19)20/h2-8H,9H2,1H3/b7-4+. The molecule has 1 heterocycles. The van der Waals surface area contributed by atoms with Gasteiger partial charge in [-0.1, -0.05) is 11.6 Å². The van der Waals surface area contributed by atoms with Crippen LogP contribution in [0.25, 0.3) is 6.08 Å². The number of hydrogen-bond donors (Lipinski definition) is 0. The Hall–Kier alpha value is -2.80. The molecule has 0 saturated carbocycles. The summed E-state index contributed by atoms with van der Waals surface area (Å²) in [4.78, 5) is 21.5. The summed E-state index contributed by atoms with van der Waals surface area (Å²) in [6.45, 7) is -0.0226. The van der Waals surface area contributed by atoms with Gasteiger partial charge in [0.15, 0.2) is 0 Å². The van der Waals surface area contributed by atoms with Gasteiger partial charge in [0.2, 0.25) is 0 Å². The van der Waals surface area contributed by atoms with Crippen molar-refractivity contribution in [2.45, 2.75) is 6.61 Å². The zero-order valence-corrected chi connectivity index (χ0v) is 12.8. The van der Waals surface area contributed by atoms with Gasteiger partial charge in [-0.2, -0.15) is 0 Å². The van der Waals surface area contributed by atoms with Crippen molar-refractivity contribution >= 4 is 29.5 Å². The number of furan rings is 1. The molecular weight excluding hydrogens is 326 g/mol. The number of carbonyl (C=O) groups is 1. The molecule has 0 atom stereocenters. The number of nitrogens with zero attached hydrogens (tertiary/aromatic N) is 1. The van der Waals surface area contributed by atoms with E-state index in [0.29, 0.717) is 16.3 Å². The number of nitro groups is 1. The molecule has 7 nitrogen and oxygen atoms in total. The third kappa shape index (κ3) is 4.58. The van der Waals surface area contributed by atoms with Gasteiger partial charge in [0.25, 0.3) is 0 Å². The highest BCUT2D eigenvalue weighted by Gasteiger charge is 2.10. The number of rotatable bonds is 6. The monoisotopic (exact) mass is 337 g/mol. The molecule has 2 rings (SSSR count). The Kier molecular flexibility index (Phi) is 5.37. The highest BCUT2D eigenvalue weighted by atomic mass is 35.5. The number of halogens is 1. The summed E-state index contributed by atoms with van der Waals surface area (Å²) in [6.07, 6.45) is 2.39. The molecular formula is C15H12ClNO6.